The van der Waals surface area contributed by atoms with Crippen LogP contribution in [0.2, 0.25) is 0 Å². The Morgan fingerprint density at radius 2 is 1.86 bits per heavy atom. The van der Waals surface area contributed by atoms with Crippen molar-refractivity contribution in [1.29, 1.82) is 0 Å². The number of fused-ring (bicyclic) bond motifs is 3. The van der Waals surface area contributed by atoms with Crippen molar-refractivity contribution in [3.8, 4) is 0 Å². The molecule has 0 aromatic carbocycles. The van der Waals surface area contributed by atoms with Gasteiger partial charge in [-0.2, -0.15) is 0 Å². The molecule has 0 amide bonds. The van der Waals surface area contributed by atoms with Gasteiger partial charge in [0.05, 0.1) is 6.10 Å². The molecule has 0 heterocycles. The summed E-state index contributed by atoms with van der Waals surface area (Å²) in [6, 6.07) is 0. The molecule has 6 atom stereocenters. The molecule has 1 spiro atoms. The van der Waals surface area contributed by atoms with Gasteiger partial charge in [0.2, 0.25) is 0 Å². The molecule has 0 aromatic rings. The minimum Gasteiger partial charge on any atom is -0.393 e. The summed E-state index contributed by atoms with van der Waals surface area (Å²) in [7, 11) is 0. The van der Waals surface area contributed by atoms with Crippen molar-refractivity contribution in [3.63, 3.8) is 0 Å². The second-order valence-electron chi connectivity index (χ2n) is 9.75. The first-order chi connectivity index (χ1) is 9.80. The molecule has 0 aliphatic heterocycles. The minimum atomic E-state index is -0.0833. The smallest absolute Gasteiger partial charge is 0.0605 e. The van der Waals surface area contributed by atoms with Crippen LogP contribution >= 0.6 is 0 Å². The zero-order valence-electron chi connectivity index (χ0n) is 14.1. The second-order valence-corrected chi connectivity index (χ2v) is 9.75. The molecule has 4 saturated carbocycles. The third-order valence-electron chi connectivity index (χ3n) is 8.45. The van der Waals surface area contributed by atoms with Crippen molar-refractivity contribution in [1.82, 2.24) is 0 Å². The molecular weight excluding hydrogens is 256 g/mol. The van der Waals surface area contributed by atoms with E-state index < -0.39 is 0 Å². The predicted molar refractivity (Wildman–Crippen MR) is 86.9 cm³/mol. The Labute approximate surface area is 130 Å². The molecule has 0 aromatic heterocycles. The summed E-state index contributed by atoms with van der Waals surface area (Å²) in [6.45, 7) is 11.9. The van der Waals surface area contributed by atoms with Crippen LogP contribution in [-0.2, 0) is 0 Å². The highest BCUT2D eigenvalue weighted by Crippen LogP contribution is 2.71. The van der Waals surface area contributed by atoms with Gasteiger partial charge < -0.3 is 5.11 Å². The Morgan fingerprint density at radius 3 is 2.62 bits per heavy atom. The summed E-state index contributed by atoms with van der Waals surface area (Å²) in [5, 5.41) is 11.1. The summed E-state index contributed by atoms with van der Waals surface area (Å²) in [5.41, 5.74) is 2.51. The van der Waals surface area contributed by atoms with E-state index in [9.17, 15) is 5.11 Å². The largest absolute Gasteiger partial charge is 0.393 e. The molecule has 4 rings (SSSR count). The van der Waals surface area contributed by atoms with E-state index >= 15 is 0 Å². The van der Waals surface area contributed by atoms with E-state index in [1.807, 2.05) is 0 Å². The quantitative estimate of drug-likeness (QED) is 0.626. The lowest BCUT2D eigenvalue weighted by atomic mass is 9.40. The molecule has 4 fully saturated rings. The number of hydrogen-bond donors (Lipinski definition) is 1. The Morgan fingerprint density at radius 1 is 1.10 bits per heavy atom. The lowest BCUT2D eigenvalue weighted by molar-refractivity contribution is -0.196. The molecule has 0 radical (unpaired) electrons. The monoisotopic (exact) mass is 288 g/mol. The van der Waals surface area contributed by atoms with Gasteiger partial charge in [-0.05, 0) is 73.5 Å². The van der Waals surface area contributed by atoms with Gasteiger partial charge in [0.1, 0.15) is 0 Å². The van der Waals surface area contributed by atoms with Crippen LogP contribution in [-0.4, -0.2) is 11.2 Å². The van der Waals surface area contributed by atoms with E-state index in [4.69, 9.17) is 0 Å². The van der Waals surface area contributed by atoms with Crippen LogP contribution in [0.15, 0.2) is 12.2 Å². The second kappa shape index (κ2) is 4.16. The van der Waals surface area contributed by atoms with Gasteiger partial charge in [-0.3, -0.25) is 0 Å². The van der Waals surface area contributed by atoms with Crippen molar-refractivity contribution in [2.24, 2.45) is 34.0 Å². The Kier molecular flexibility index (Phi) is 2.83. The van der Waals surface area contributed by atoms with Gasteiger partial charge in [-0.15, -0.1) is 0 Å². The molecule has 2 bridgehead atoms. The fraction of sp³-hybridized carbons (Fsp3) is 0.900. The van der Waals surface area contributed by atoms with Crippen LogP contribution in [0.1, 0.15) is 72.1 Å². The average molecular weight is 288 g/mol. The van der Waals surface area contributed by atoms with Crippen molar-refractivity contribution in [2.75, 3.05) is 0 Å². The Bertz CT molecular complexity index is 478. The number of aliphatic hydroxyl groups is 1. The van der Waals surface area contributed by atoms with Crippen LogP contribution in [0.5, 0.6) is 0 Å². The van der Waals surface area contributed by atoms with Crippen LogP contribution in [0.3, 0.4) is 0 Å². The first kappa shape index (κ1) is 14.3. The van der Waals surface area contributed by atoms with Crippen LogP contribution < -0.4 is 0 Å². The predicted octanol–water partition coefficient (Wildman–Crippen LogP) is 4.95. The lowest BCUT2D eigenvalue weighted by Crippen LogP contribution is -2.61. The first-order valence-corrected chi connectivity index (χ1v) is 9.15. The maximum absolute atomic E-state index is 11.1. The molecule has 1 nitrogen and oxygen atoms in total. The molecule has 0 saturated heterocycles. The molecule has 21 heavy (non-hydrogen) atoms. The number of allylic oxidation sites excluding steroid dienone is 1. The molecule has 4 aliphatic rings. The number of rotatable bonds is 0. The fourth-order valence-corrected chi connectivity index (χ4v) is 7.57. The van der Waals surface area contributed by atoms with Crippen molar-refractivity contribution in [3.05, 3.63) is 12.2 Å². The molecule has 118 valence electrons. The van der Waals surface area contributed by atoms with Crippen molar-refractivity contribution in [2.45, 2.75) is 78.2 Å². The van der Waals surface area contributed by atoms with Crippen molar-refractivity contribution < 1.29 is 5.11 Å². The maximum atomic E-state index is 11.1. The molecule has 1 N–H and O–H groups in total. The fourth-order valence-electron chi connectivity index (χ4n) is 7.57. The van der Waals surface area contributed by atoms with E-state index in [1.165, 1.54) is 44.1 Å². The standard InChI is InChI=1S/C20H32O/c1-13-11-20-12-14(13)6-7-15(20)19(4)9-5-8-18(2,3)16(19)10-17(20)21/h14-17,21H,1,5-12H2,2-4H3/t14-,15+,16-,17+,19+,20+/m1/s1. The Hall–Kier alpha value is -0.300. The van der Waals surface area contributed by atoms with Crippen LogP contribution in [0, 0.1) is 34.0 Å². The molecular formula is C20H32O. The molecule has 1 heteroatoms. The van der Waals surface area contributed by atoms with E-state index in [0.29, 0.717) is 22.7 Å². The van der Waals surface area contributed by atoms with Gasteiger partial charge in [0.15, 0.2) is 0 Å². The maximum Gasteiger partial charge on any atom is 0.0605 e. The van der Waals surface area contributed by atoms with Gasteiger partial charge in [-0.25, -0.2) is 0 Å². The van der Waals surface area contributed by atoms with Crippen molar-refractivity contribution >= 4 is 0 Å². The normalized spacial score (nSPS) is 55.0. The van der Waals surface area contributed by atoms with Crippen LogP contribution in [0.4, 0.5) is 0 Å². The van der Waals surface area contributed by atoms with E-state index in [0.717, 1.165) is 18.8 Å². The topological polar surface area (TPSA) is 20.2 Å². The summed E-state index contributed by atoms with van der Waals surface area (Å²) in [6.07, 6.45) is 10.1. The summed E-state index contributed by atoms with van der Waals surface area (Å²) in [5.74, 6) is 2.15. The summed E-state index contributed by atoms with van der Waals surface area (Å²) < 4.78 is 0. The summed E-state index contributed by atoms with van der Waals surface area (Å²) in [4.78, 5) is 0. The van der Waals surface area contributed by atoms with E-state index in [1.54, 1.807) is 0 Å². The van der Waals surface area contributed by atoms with Crippen LogP contribution in [0.25, 0.3) is 0 Å². The highest BCUT2D eigenvalue weighted by Gasteiger charge is 2.66. The third kappa shape index (κ3) is 1.68. The Balaban J connectivity index is 1.79. The third-order valence-corrected chi connectivity index (χ3v) is 8.45. The van der Waals surface area contributed by atoms with Gasteiger partial charge in [0.25, 0.3) is 0 Å². The molecule has 4 aliphatic carbocycles. The number of aliphatic hydroxyl groups excluding tert-OH is 1. The zero-order chi connectivity index (χ0) is 15.0. The number of hydrogen-bond acceptors (Lipinski definition) is 1. The van der Waals surface area contributed by atoms with E-state index in [2.05, 4.69) is 27.4 Å². The van der Waals surface area contributed by atoms with E-state index in [-0.39, 0.29) is 11.5 Å². The highest BCUT2D eigenvalue weighted by atomic mass is 16.3. The highest BCUT2D eigenvalue weighted by molar-refractivity contribution is 5.24. The minimum absolute atomic E-state index is 0.0833. The first-order valence-electron chi connectivity index (χ1n) is 9.15. The van der Waals surface area contributed by atoms with Gasteiger partial charge in [-0.1, -0.05) is 39.3 Å². The zero-order valence-corrected chi connectivity index (χ0v) is 14.1. The SMILES string of the molecule is C=C1C[C@]23C[C@H]1CC[C@H]2[C@]1(C)CCCC(C)(C)[C@H]1C[C@@H]3O. The lowest BCUT2D eigenvalue weighted by Gasteiger charge is -2.65. The summed E-state index contributed by atoms with van der Waals surface area (Å²) >= 11 is 0. The van der Waals surface area contributed by atoms with Gasteiger partial charge >= 0.3 is 0 Å². The average Bonchev–Trinajstić information content (AvgIpc) is 2.65. The van der Waals surface area contributed by atoms with Gasteiger partial charge in [0, 0.05) is 5.41 Å². The molecule has 0 unspecified atom stereocenters.